The summed E-state index contributed by atoms with van der Waals surface area (Å²) in [6.45, 7) is 2.77. The first kappa shape index (κ1) is 21.9. The summed E-state index contributed by atoms with van der Waals surface area (Å²) in [7, 11) is 0. The number of ether oxygens (including phenoxy) is 1. The number of benzene rings is 2. The first-order chi connectivity index (χ1) is 16.1. The predicted molar refractivity (Wildman–Crippen MR) is 132 cm³/mol. The molecule has 0 radical (unpaired) electrons. The molecule has 168 valence electrons. The van der Waals surface area contributed by atoms with E-state index in [-0.39, 0.29) is 17.1 Å². The summed E-state index contributed by atoms with van der Waals surface area (Å²) in [5.41, 5.74) is 1.25. The summed E-state index contributed by atoms with van der Waals surface area (Å²) in [5, 5.41) is 2.74. The first-order valence-corrected chi connectivity index (χ1v) is 12.5. The van der Waals surface area contributed by atoms with Crippen LogP contribution in [0.25, 0.3) is 11.0 Å². The van der Waals surface area contributed by atoms with Crippen molar-refractivity contribution in [3.8, 4) is 5.75 Å². The van der Waals surface area contributed by atoms with Crippen LogP contribution < -0.4 is 15.1 Å². The Morgan fingerprint density at radius 3 is 2.85 bits per heavy atom. The highest BCUT2D eigenvalue weighted by atomic mass is 79.9. The molecule has 0 saturated heterocycles. The van der Waals surface area contributed by atoms with Crippen molar-refractivity contribution in [2.24, 2.45) is 0 Å². The minimum Gasteiger partial charge on any atom is -0.494 e. The number of aromatic nitrogens is 1. The molecule has 0 fully saturated rings. The third kappa shape index (κ3) is 3.98. The van der Waals surface area contributed by atoms with Gasteiger partial charge in [0.25, 0.3) is 5.91 Å². The van der Waals surface area contributed by atoms with E-state index in [1.165, 1.54) is 11.3 Å². The Balaban J connectivity index is 1.65. The maximum Gasteiger partial charge on any atom is 0.297 e. The average molecular weight is 525 g/mol. The maximum absolute atomic E-state index is 13.6. The fourth-order valence-electron chi connectivity index (χ4n) is 4.11. The number of thiazole rings is 1. The number of carbonyl (C=O) groups excluding carboxylic acids is 1. The van der Waals surface area contributed by atoms with E-state index in [0.717, 1.165) is 29.3 Å². The molecule has 4 aromatic rings. The van der Waals surface area contributed by atoms with Crippen LogP contribution in [0.3, 0.4) is 0 Å². The standard InChI is InChI=1S/C25H21BrN2O4S/c1-2-3-4-11-31-17-7-5-6-15(13-17)21-20-22(29)18-14-16(26)8-9-19(18)32-23(20)24(30)28(21)25-27-10-12-33-25/h5-10,12-14,21H,2-4,11H2,1H3. The second-order valence-electron chi connectivity index (χ2n) is 7.83. The molecule has 5 rings (SSSR count). The van der Waals surface area contributed by atoms with Crippen molar-refractivity contribution in [3.63, 3.8) is 0 Å². The summed E-state index contributed by atoms with van der Waals surface area (Å²) in [5.74, 6) is 0.391. The van der Waals surface area contributed by atoms with Crippen molar-refractivity contribution >= 4 is 49.3 Å². The zero-order chi connectivity index (χ0) is 22.9. The maximum atomic E-state index is 13.6. The van der Waals surface area contributed by atoms with Crippen LogP contribution in [0.4, 0.5) is 5.13 Å². The first-order valence-electron chi connectivity index (χ1n) is 10.8. The molecule has 0 saturated carbocycles. The van der Waals surface area contributed by atoms with Crippen molar-refractivity contribution in [1.82, 2.24) is 4.98 Å². The van der Waals surface area contributed by atoms with Gasteiger partial charge in [-0.2, -0.15) is 0 Å². The van der Waals surface area contributed by atoms with Crippen LogP contribution in [-0.4, -0.2) is 17.5 Å². The number of fused-ring (bicyclic) bond motifs is 2. The lowest BCUT2D eigenvalue weighted by Gasteiger charge is -2.23. The molecule has 0 bridgehead atoms. The number of amides is 1. The lowest BCUT2D eigenvalue weighted by atomic mass is 9.98. The van der Waals surface area contributed by atoms with Crippen LogP contribution >= 0.6 is 27.3 Å². The fourth-order valence-corrected chi connectivity index (χ4v) is 5.14. The molecule has 1 aliphatic rings. The van der Waals surface area contributed by atoms with Crippen molar-refractivity contribution in [1.29, 1.82) is 0 Å². The predicted octanol–water partition coefficient (Wildman–Crippen LogP) is 6.33. The van der Waals surface area contributed by atoms with Crippen molar-refractivity contribution in [2.75, 3.05) is 11.5 Å². The molecular weight excluding hydrogens is 504 g/mol. The summed E-state index contributed by atoms with van der Waals surface area (Å²) in [4.78, 5) is 33.0. The van der Waals surface area contributed by atoms with Crippen molar-refractivity contribution in [2.45, 2.75) is 32.2 Å². The molecule has 2 aromatic heterocycles. The van der Waals surface area contributed by atoms with Crippen molar-refractivity contribution < 1.29 is 13.9 Å². The van der Waals surface area contributed by atoms with Gasteiger partial charge in [0.05, 0.1) is 23.6 Å². The molecule has 0 spiro atoms. The van der Waals surface area contributed by atoms with Gasteiger partial charge >= 0.3 is 0 Å². The molecule has 0 N–H and O–H groups in total. The van der Waals surface area contributed by atoms with E-state index in [1.54, 1.807) is 34.7 Å². The second-order valence-corrected chi connectivity index (χ2v) is 9.62. The molecule has 0 aliphatic carbocycles. The Labute approximate surface area is 203 Å². The number of nitrogens with zero attached hydrogens (tertiary/aromatic N) is 2. The van der Waals surface area contributed by atoms with Crippen LogP contribution in [0.15, 0.2) is 67.7 Å². The van der Waals surface area contributed by atoms with Gasteiger partial charge in [-0.05, 0) is 42.3 Å². The van der Waals surface area contributed by atoms with Gasteiger partial charge in [-0.1, -0.05) is 47.8 Å². The minimum absolute atomic E-state index is 0.0595. The summed E-state index contributed by atoms with van der Waals surface area (Å²) in [6, 6.07) is 12.1. The molecular formula is C25H21BrN2O4S. The normalized spacial score (nSPS) is 15.3. The molecule has 6 nitrogen and oxygen atoms in total. The van der Waals surface area contributed by atoms with Gasteiger partial charge in [-0.15, -0.1) is 11.3 Å². The highest BCUT2D eigenvalue weighted by Gasteiger charge is 2.44. The van der Waals surface area contributed by atoms with E-state index < -0.39 is 6.04 Å². The van der Waals surface area contributed by atoms with Crippen LogP contribution in [0.2, 0.25) is 0 Å². The van der Waals surface area contributed by atoms with Gasteiger partial charge < -0.3 is 9.15 Å². The summed E-state index contributed by atoms with van der Waals surface area (Å²) < 4.78 is 12.7. The number of halogens is 1. The quantitative estimate of drug-likeness (QED) is 0.264. The van der Waals surface area contributed by atoms with Crippen molar-refractivity contribution in [3.05, 3.63) is 85.6 Å². The van der Waals surface area contributed by atoms with E-state index in [1.807, 2.05) is 24.3 Å². The molecule has 1 aliphatic heterocycles. The van der Waals surface area contributed by atoms with Gasteiger partial charge in [-0.25, -0.2) is 4.98 Å². The number of rotatable bonds is 7. The number of anilines is 1. The number of hydrogen-bond donors (Lipinski definition) is 0. The Bertz CT molecular complexity index is 1380. The number of carbonyl (C=O) groups is 1. The van der Waals surface area contributed by atoms with E-state index in [4.69, 9.17) is 9.15 Å². The molecule has 1 amide bonds. The lowest BCUT2D eigenvalue weighted by Crippen LogP contribution is -2.29. The zero-order valence-corrected chi connectivity index (χ0v) is 20.3. The van der Waals surface area contributed by atoms with Crippen LogP contribution in [0.5, 0.6) is 5.75 Å². The van der Waals surface area contributed by atoms with Crippen LogP contribution in [0, 0.1) is 0 Å². The van der Waals surface area contributed by atoms with Gasteiger partial charge in [0, 0.05) is 16.0 Å². The van der Waals surface area contributed by atoms with Gasteiger partial charge in [0.15, 0.2) is 10.6 Å². The largest absolute Gasteiger partial charge is 0.494 e. The fraction of sp³-hybridized carbons (Fsp3) is 0.240. The molecule has 3 heterocycles. The SMILES string of the molecule is CCCCCOc1cccc(C2c3c(oc4ccc(Br)cc4c3=O)C(=O)N2c2nccs2)c1. The smallest absolute Gasteiger partial charge is 0.297 e. The molecule has 1 unspecified atom stereocenters. The van der Waals surface area contributed by atoms with Gasteiger partial charge in [-0.3, -0.25) is 14.5 Å². The number of unbranched alkanes of at least 4 members (excludes halogenated alkanes) is 2. The highest BCUT2D eigenvalue weighted by Crippen LogP contribution is 2.42. The van der Waals surface area contributed by atoms with E-state index in [2.05, 4.69) is 27.8 Å². The Morgan fingerprint density at radius 1 is 1.18 bits per heavy atom. The van der Waals surface area contributed by atoms with Gasteiger partial charge in [0.1, 0.15) is 11.3 Å². The Morgan fingerprint density at radius 2 is 2.06 bits per heavy atom. The zero-order valence-electron chi connectivity index (χ0n) is 17.9. The van der Waals surface area contributed by atoms with Crippen LogP contribution in [0.1, 0.15) is 53.9 Å². The summed E-state index contributed by atoms with van der Waals surface area (Å²) >= 11 is 4.76. The Kier molecular flexibility index (Phi) is 6.03. The topological polar surface area (TPSA) is 72.6 Å². The minimum atomic E-state index is -0.655. The molecule has 33 heavy (non-hydrogen) atoms. The molecule has 8 heteroatoms. The van der Waals surface area contributed by atoms with E-state index in [9.17, 15) is 9.59 Å². The molecule has 2 aromatic carbocycles. The van der Waals surface area contributed by atoms with Crippen LogP contribution in [-0.2, 0) is 0 Å². The van der Waals surface area contributed by atoms with E-state index >= 15 is 0 Å². The van der Waals surface area contributed by atoms with Gasteiger partial charge in [0.2, 0.25) is 5.76 Å². The summed E-state index contributed by atoms with van der Waals surface area (Å²) in [6.07, 6.45) is 4.84. The average Bonchev–Trinajstić information content (AvgIpc) is 3.44. The third-order valence-electron chi connectivity index (χ3n) is 5.65. The second kappa shape index (κ2) is 9.11. The lowest BCUT2D eigenvalue weighted by molar-refractivity contribution is 0.0971. The highest BCUT2D eigenvalue weighted by molar-refractivity contribution is 9.10. The third-order valence-corrected chi connectivity index (χ3v) is 6.91. The Hall–Kier alpha value is -2.97. The molecule has 1 atom stereocenters. The number of hydrogen-bond acceptors (Lipinski definition) is 6. The monoisotopic (exact) mass is 524 g/mol. The van der Waals surface area contributed by atoms with E-state index in [0.29, 0.717) is 34.0 Å².